The van der Waals surface area contributed by atoms with Crippen LogP contribution in [0.2, 0.25) is 0 Å². The predicted molar refractivity (Wildman–Crippen MR) is 109 cm³/mol. The van der Waals surface area contributed by atoms with Gasteiger partial charge in [0.25, 0.3) is 5.69 Å². The number of nitro groups is 1. The van der Waals surface area contributed by atoms with Crippen molar-refractivity contribution < 1.29 is 32.4 Å². The number of carbonyl (C=O) groups is 1. The second-order valence-electron chi connectivity index (χ2n) is 6.82. The Morgan fingerprint density at radius 3 is 2.48 bits per heavy atom. The third-order valence-corrected chi connectivity index (χ3v) is 4.81. The Morgan fingerprint density at radius 2 is 1.94 bits per heavy atom. The minimum atomic E-state index is -4.59. The van der Waals surface area contributed by atoms with Crippen molar-refractivity contribution in [3.63, 3.8) is 0 Å². The minimum absolute atomic E-state index is 0.0502. The number of benzene rings is 2. The van der Waals surface area contributed by atoms with Crippen LogP contribution < -0.4 is 5.73 Å². The Bertz CT molecular complexity index is 1210. The van der Waals surface area contributed by atoms with Crippen molar-refractivity contribution in [3.8, 4) is 6.07 Å². The Kier molecular flexibility index (Phi) is 6.39. The maximum Gasteiger partial charge on any atom is 0.416 e. The zero-order valence-corrected chi connectivity index (χ0v) is 17.1. The molecule has 2 N–H and O–H groups in total. The van der Waals surface area contributed by atoms with E-state index in [9.17, 15) is 33.3 Å². The van der Waals surface area contributed by atoms with E-state index in [-0.39, 0.29) is 40.3 Å². The van der Waals surface area contributed by atoms with Crippen molar-refractivity contribution in [1.82, 2.24) is 0 Å². The van der Waals surface area contributed by atoms with Crippen LogP contribution in [0.4, 0.5) is 18.9 Å². The average Bonchev–Trinajstić information content (AvgIpc) is 2.78. The number of esters is 1. The van der Waals surface area contributed by atoms with Gasteiger partial charge in [0.05, 0.1) is 28.6 Å². The number of hydrogen-bond donors (Lipinski definition) is 1. The van der Waals surface area contributed by atoms with Gasteiger partial charge in [0, 0.05) is 17.7 Å². The lowest BCUT2D eigenvalue weighted by molar-refractivity contribution is -0.384. The van der Waals surface area contributed by atoms with E-state index in [1.807, 2.05) is 6.07 Å². The molecule has 1 atom stereocenters. The van der Waals surface area contributed by atoms with Crippen molar-refractivity contribution in [2.24, 2.45) is 5.73 Å². The smallest absolute Gasteiger partial charge is 0.416 e. The quantitative estimate of drug-likeness (QED) is 0.399. The molecule has 0 saturated carbocycles. The maximum atomic E-state index is 13.0. The van der Waals surface area contributed by atoms with Gasteiger partial charge in [0.2, 0.25) is 5.88 Å². The summed E-state index contributed by atoms with van der Waals surface area (Å²) in [7, 11) is 0. The first-order valence-corrected chi connectivity index (χ1v) is 9.49. The Balaban J connectivity index is 2.27. The summed E-state index contributed by atoms with van der Waals surface area (Å²) < 4.78 is 49.7. The molecule has 170 valence electrons. The van der Waals surface area contributed by atoms with Crippen molar-refractivity contribution in [1.29, 1.82) is 5.26 Å². The number of carbonyl (C=O) groups excluding carboxylic acids is 1. The zero-order chi connectivity index (χ0) is 24.3. The van der Waals surface area contributed by atoms with Gasteiger partial charge in [-0.25, -0.2) is 4.79 Å². The van der Waals surface area contributed by atoms with Gasteiger partial charge in [-0.05, 0) is 24.6 Å². The van der Waals surface area contributed by atoms with Crippen LogP contribution in [0.5, 0.6) is 0 Å². The predicted octanol–water partition coefficient (Wildman–Crippen LogP) is 4.40. The number of non-ortho nitro benzene ring substituents is 1. The van der Waals surface area contributed by atoms with Crippen molar-refractivity contribution in [3.05, 3.63) is 92.4 Å². The minimum Gasteiger partial charge on any atom is -0.463 e. The average molecular weight is 459 g/mol. The molecule has 0 fully saturated rings. The summed E-state index contributed by atoms with van der Waals surface area (Å²) in [5, 5.41) is 20.9. The molecular weight excluding hydrogens is 443 g/mol. The van der Waals surface area contributed by atoms with Gasteiger partial charge in [-0.3, -0.25) is 10.1 Å². The fraction of sp³-hybridized carbons (Fsp3) is 0.182. The normalized spacial score (nSPS) is 16.2. The molecule has 0 radical (unpaired) electrons. The summed E-state index contributed by atoms with van der Waals surface area (Å²) in [5.74, 6) is -2.72. The lowest BCUT2D eigenvalue weighted by Crippen LogP contribution is -2.26. The fourth-order valence-electron chi connectivity index (χ4n) is 3.35. The van der Waals surface area contributed by atoms with Crippen LogP contribution in [-0.2, 0) is 20.4 Å². The molecule has 0 amide bonds. The second-order valence-corrected chi connectivity index (χ2v) is 6.82. The molecule has 8 nitrogen and oxygen atoms in total. The van der Waals surface area contributed by atoms with Crippen LogP contribution in [0, 0.1) is 21.4 Å². The molecule has 0 aromatic heterocycles. The van der Waals surface area contributed by atoms with Gasteiger partial charge >= 0.3 is 12.1 Å². The number of allylic oxidation sites excluding steroid dienone is 1. The van der Waals surface area contributed by atoms with Gasteiger partial charge in [-0.15, -0.1) is 0 Å². The maximum absolute atomic E-state index is 13.0. The highest BCUT2D eigenvalue weighted by atomic mass is 19.4. The first kappa shape index (κ1) is 23.3. The van der Waals surface area contributed by atoms with Gasteiger partial charge < -0.3 is 15.2 Å². The zero-order valence-electron chi connectivity index (χ0n) is 17.1. The van der Waals surface area contributed by atoms with E-state index < -0.39 is 34.4 Å². The van der Waals surface area contributed by atoms with E-state index in [1.54, 1.807) is 0 Å². The molecule has 2 aromatic carbocycles. The summed E-state index contributed by atoms with van der Waals surface area (Å²) in [6, 6.07) is 10.8. The molecule has 1 aliphatic rings. The summed E-state index contributed by atoms with van der Waals surface area (Å²) in [6.07, 6.45) is -4.59. The van der Waals surface area contributed by atoms with Crippen LogP contribution in [0.3, 0.4) is 0 Å². The lowest BCUT2D eigenvalue weighted by atomic mass is 9.81. The molecule has 0 saturated heterocycles. The topological polar surface area (TPSA) is 128 Å². The Hall–Kier alpha value is -4.33. The molecule has 0 aliphatic carbocycles. The van der Waals surface area contributed by atoms with Crippen molar-refractivity contribution in [2.45, 2.75) is 19.0 Å². The lowest BCUT2D eigenvalue weighted by Gasteiger charge is -2.28. The van der Waals surface area contributed by atoms with Gasteiger partial charge in [-0.2, -0.15) is 18.4 Å². The van der Waals surface area contributed by atoms with Gasteiger partial charge in [0.15, 0.2) is 0 Å². The largest absolute Gasteiger partial charge is 0.463 e. The van der Waals surface area contributed by atoms with E-state index in [2.05, 4.69) is 0 Å². The highest BCUT2D eigenvalue weighted by Gasteiger charge is 2.39. The SMILES string of the molecule is CCOC(=O)C1=C(c2cccc([N+](=O)[O-])c2)OC(N)=C(C#N)C1c1ccc(C(F)(F)F)cc1. The molecule has 3 rings (SSSR count). The number of halogens is 3. The number of nitro benzene ring substituents is 1. The van der Waals surface area contributed by atoms with Crippen LogP contribution in [0.1, 0.15) is 29.5 Å². The first-order valence-electron chi connectivity index (χ1n) is 9.49. The number of ether oxygens (including phenoxy) is 2. The van der Waals surface area contributed by atoms with E-state index in [1.165, 1.54) is 25.1 Å². The molecule has 33 heavy (non-hydrogen) atoms. The molecule has 1 heterocycles. The van der Waals surface area contributed by atoms with Crippen LogP contribution in [0.25, 0.3) is 5.76 Å². The fourth-order valence-corrected chi connectivity index (χ4v) is 3.35. The molecule has 0 spiro atoms. The number of rotatable bonds is 5. The molecule has 0 bridgehead atoms. The Morgan fingerprint density at radius 1 is 1.27 bits per heavy atom. The van der Waals surface area contributed by atoms with E-state index in [0.717, 1.165) is 30.3 Å². The van der Waals surface area contributed by atoms with Crippen molar-refractivity contribution in [2.75, 3.05) is 6.61 Å². The molecule has 1 aliphatic heterocycles. The number of nitrogens with two attached hydrogens (primary N) is 1. The molecule has 2 aromatic rings. The standard InChI is InChI=1S/C22H16F3N3O5/c1-2-32-21(29)18-17(12-6-8-14(9-7-12)22(23,24)25)16(11-26)20(27)33-19(18)13-4-3-5-15(10-13)28(30)31/h3-10,17H,2,27H2,1H3. The summed E-state index contributed by atoms with van der Waals surface area (Å²) in [4.78, 5) is 23.5. The number of alkyl halides is 3. The second kappa shape index (κ2) is 9.04. The highest BCUT2D eigenvalue weighted by Crippen LogP contribution is 2.43. The summed E-state index contributed by atoms with van der Waals surface area (Å²) in [6.45, 7) is 1.49. The van der Waals surface area contributed by atoms with Crippen LogP contribution in [-0.4, -0.2) is 17.5 Å². The number of hydrogen-bond acceptors (Lipinski definition) is 7. The highest BCUT2D eigenvalue weighted by molar-refractivity contribution is 6.00. The molecule has 1 unspecified atom stereocenters. The summed E-state index contributed by atoms with van der Waals surface area (Å²) in [5.41, 5.74) is 4.51. The Labute approximate surface area is 185 Å². The van der Waals surface area contributed by atoms with E-state index in [0.29, 0.717) is 0 Å². The monoisotopic (exact) mass is 459 g/mol. The number of nitrogens with zero attached hydrogens (tertiary/aromatic N) is 2. The summed E-state index contributed by atoms with van der Waals surface area (Å²) >= 11 is 0. The third kappa shape index (κ3) is 4.64. The third-order valence-electron chi connectivity index (χ3n) is 4.81. The van der Waals surface area contributed by atoms with Crippen LogP contribution >= 0.6 is 0 Å². The van der Waals surface area contributed by atoms with Gasteiger partial charge in [-0.1, -0.05) is 24.3 Å². The van der Waals surface area contributed by atoms with Crippen LogP contribution in [0.15, 0.2) is 65.6 Å². The van der Waals surface area contributed by atoms with Gasteiger partial charge in [0.1, 0.15) is 17.4 Å². The number of nitriles is 1. The first-order chi connectivity index (χ1) is 15.6. The van der Waals surface area contributed by atoms with Crippen molar-refractivity contribution >= 4 is 17.4 Å². The van der Waals surface area contributed by atoms with E-state index >= 15 is 0 Å². The van der Waals surface area contributed by atoms with E-state index in [4.69, 9.17) is 15.2 Å². The molecule has 11 heteroatoms. The molecular formula is C22H16F3N3O5.